The summed E-state index contributed by atoms with van der Waals surface area (Å²) in [6, 6.07) is 8.35. The van der Waals surface area contributed by atoms with E-state index >= 15 is 0 Å². The lowest BCUT2D eigenvalue weighted by atomic mass is 10.2. The van der Waals surface area contributed by atoms with Crippen molar-refractivity contribution >= 4 is 21.4 Å². The van der Waals surface area contributed by atoms with Crippen molar-refractivity contribution in [2.24, 2.45) is 0 Å². The SMILES string of the molecule is O[C@@H]1CN(Cc2csc3ccccc23)C[C@@H]1O. The minimum absolute atomic E-state index is 0.561. The van der Waals surface area contributed by atoms with Crippen molar-refractivity contribution in [3.63, 3.8) is 0 Å². The Balaban J connectivity index is 1.81. The second kappa shape index (κ2) is 4.38. The van der Waals surface area contributed by atoms with Crippen LogP contribution < -0.4 is 0 Å². The summed E-state index contributed by atoms with van der Waals surface area (Å²) in [4.78, 5) is 2.10. The van der Waals surface area contributed by atoms with E-state index in [0.717, 1.165) is 6.54 Å². The molecule has 1 aliphatic heterocycles. The lowest BCUT2D eigenvalue weighted by molar-refractivity contribution is 0.0572. The quantitative estimate of drug-likeness (QED) is 0.846. The molecule has 0 saturated carbocycles. The molecule has 90 valence electrons. The van der Waals surface area contributed by atoms with Crippen molar-refractivity contribution in [2.45, 2.75) is 18.8 Å². The predicted molar refractivity (Wildman–Crippen MR) is 69.1 cm³/mol. The number of hydrogen-bond donors (Lipinski definition) is 2. The summed E-state index contributed by atoms with van der Waals surface area (Å²) in [5, 5.41) is 22.5. The Morgan fingerprint density at radius 1 is 1.18 bits per heavy atom. The highest BCUT2D eigenvalue weighted by Crippen LogP contribution is 2.27. The van der Waals surface area contributed by atoms with Gasteiger partial charge >= 0.3 is 0 Å². The average Bonchev–Trinajstić information content (AvgIpc) is 2.85. The molecule has 1 fully saturated rings. The van der Waals surface area contributed by atoms with Crippen molar-refractivity contribution in [2.75, 3.05) is 13.1 Å². The topological polar surface area (TPSA) is 43.7 Å². The maximum atomic E-state index is 9.52. The second-order valence-electron chi connectivity index (χ2n) is 4.59. The van der Waals surface area contributed by atoms with Crippen molar-refractivity contribution in [1.29, 1.82) is 0 Å². The third-order valence-electron chi connectivity index (χ3n) is 3.29. The number of benzene rings is 1. The van der Waals surface area contributed by atoms with Crippen LogP contribution in [0.15, 0.2) is 29.6 Å². The van der Waals surface area contributed by atoms with Gasteiger partial charge in [-0.1, -0.05) is 18.2 Å². The highest BCUT2D eigenvalue weighted by atomic mass is 32.1. The van der Waals surface area contributed by atoms with E-state index in [2.05, 4.69) is 22.4 Å². The van der Waals surface area contributed by atoms with E-state index in [1.807, 2.05) is 12.1 Å². The standard InChI is InChI=1S/C13H15NO2S/c15-11-6-14(7-12(11)16)5-9-8-17-13-4-2-1-3-10(9)13/h1-4,8,11-12,15-16H,5-7H2/t11-,12+. The van der Waals surface area contributed by atoms with Crippen molar-refractivity contribution in [3.05, 3.63) is 35.2 Å². The fourth-order valence-corrected chi connectivity index (χ4v) is 3.33. The van der Waals surface area contributed by atoms with Gasteiger partial charge in [-0.05, 0) is 22.4 Å². The van der Waals surface area contributed by atoms with Crippen LogP contribution >= 0.6 is 11.3 Å². The fraction of sp³-hybridized carbons (Fsp3) is 0.385. The first kappa shape index (κ1) is 11.2. The summed E-state index contributed by atoms with van der Waals surface area (Å²) >= 11 is 1.75. The summed E-state index contributed by atoms with van der Waals surface area (Å²) < 4.78 is 1.29. The van der Waals surface area contributed by atoms with Crippen LogP contribution in [0.2, 0.25) is 0 Å². The molecule has 2 N–H and O–H groups in total. The predicted octanol–water partition coefficient (Wildman–Crippen LogP) is 1.44. The van der Waals surface area contributed by atoms with E-state index < -0.39 is 12.2 Å². The molecule has 2 atom stereocenters. The zero-order valence-corrected chi connectivity index (χ0v) is 10.2. The molecule has 0 amide bonds. The molecule has 2 aromatic rings. The molecule has 0 bridgehead atoms. The van der Waals surface area contributed by atoms with Crippen LogP contribution in [0.3, 0.4) is 0 Å². The Hall–Kier alpha value is -0.940. The smallest absolute Gasteiger partial charge is 0.0938 e. The van der Waals surface area contributed by atoms with Crippen LogP contribution in [0, 0.1) is 0 Å². The zero-order valence-electron chi connectivity index (χ0n) is 9.41. The first-order chi connectivity index (χ1) is 8.24. The number of nitrogens with zero attached hydrogens (tertiary/aromatic N) is 1. The van der Waals surface area contributed by atoms with Gasteiger partial charge in [-0.2, -0.15) is 0 Å². The van der Waals surface area contributed by atoms with Gasteiger partial charge in [-0.25, -0.2) is 0 Å². The molecule has 17 heavy (non-hydrogen) atoms. The van der Waals surface area contributed by atoms with E-state index in [9.17, 15) is 10.2 Å². The molecule has 3 rings (SSSR count). The molecule has 1 saturated heterocycles. The van der Waals surface area contributed by atoms with E-state index in [0.29, 0.717) is 13.1 Å². The second-order valence-corrected chi connectivity index (χ2v) is 5.50. The molecule has 3 nitrogen and oxygen atoms in total. The Kier molecular flexibility index (Phi) is 2.88. The Labute approximate surface area is 104 Å². The molecular weight excluding hydrogens is 234 g/mol. The Bertz CT molecular complexity index is 515. The van der Waals surface area contributed by atoms with Gasteiger partial charge in [0, 0.05) is 24.3 Å². The number of fused-ring (bicyclic) bond motifs is 1. The van der Waals surface area contributed by atoms with Gasteiger partial charge in [-0.3, -0.25) is 4.90 Å². The lowest BCUT2D eigenvalue weighted by Crippen LogP contribution is -2.22. The van der Waals surface area contributed by atoms with E-state index in [1.165, 1.54) is 15.6 Å². The van der Waals surface area contributed by atoms with Gasteiger partial charge in [0.25, 0.3) is 0 Å². The van der Waals surface area contributed by atoms with Crippen LogP contribution in [0.1, 0.15) is 5.56 Å². The molecule has 0 unspecified atom stereocenters. The monoisotopic (exact) mass is 249 g/mol. The summed E-state index contributed by atoms with van der Waals surface area (Å²) in [6.45, 7) is 1.93. The summed E-state index contributed by atoms with van der Waals surface area (Å²) in [5.41, 5.74) is 1.28. The third-order valence-corrected chi connectivity index (χ3v) is 4.30. The number of hydrogen-bond acceptors (Lipinski definition) is 4. The maximum absolute atomic E-state index is 9.52. The van der Waals surface area contributed by atoms with Crippen LogP contribution in [0.5, 0.6) is 0 Å². The van der Waals surface area contributed by atoms with E-state index in [-0.39, 0.29) is 0 Å². The molecule has 0 radical (unpaired) electrons. The summed E-state index contributed by atoms with van der Waals surface area (Å²) in [5.74, 6) is 0. The summed E-state index contributed by atoms with van der Waals surface area (Å²) in [7, 11) is 0. The molecule has 1 aromatic heterocycles. The molecule has 0 spiro atoms. The Morgan fingerprint density at radius 2 is 1.88 bits per heavy atom. The van der Waals surface area contributed by atoms with Gasteiger partial charge < -0.3 is 10.2 Å². The van der Waals surface area contributed by atoms with E-state index in [4.69, 9.17) is 0 Å². The lowest BCUT2D eigenvalue weighted by Gasteiger charge is -2.13. The normalized spacial score (nSPS) is 25.8. The van der Waals surface area contributed by atoms with Gasteiger partial charge in [-0.15, -0.1) is 11.3 Å². The highest BCUT2D eigenvalue weighted by Gasteiger charge is 2.29. The third kappa shape index (κ3) is 2.09. The van der Waals surface area contributed by atoms with Gasteiger partial charge in [0.2, 0.25) is 0 Å². The van der Waals surface area contributed by atoms with Crippen LogP contribution in [-0.2, 0) is 6.54 Å². The van der Waals surface area contributed by atoms with Crippen molar-refractivity contribution < 1.29 is 10.2 Å². The molecular formula is C13H15NO2S. The van der Waals surface area contributed by atoms with Crippen LogP contribution in [0.4, 0.5) is 0 Å². The average molecular weight is 249 g/mol. The van der Waals surface area contributed by atoms with Crippen LogP contribution in [0.25, 0.3) is 10.1 Å². The zero-order chi connectivity index (χ0) is 11.8. The first-order valence-corrected chi connectivity index (χ1v) is 6.65. The largest absolute Gasteiger partial charge is 0.389 e. The number of aliphatic hydroxyl groups excluding tert-OH is 2. The number of aliphatic hydroxyl groups is 2. The number of likely N-dealkylation sites (tertiary alicyclic amines) is 1. The Morgan fingerprint density at radius 3 is 2.65 bits per heavy atom. The fourth-order valence-electron chi connectivity index (χ4n) is 2.37. The minimum atomic E-state index is -0.597. The van der Waals surface area contributed by atoms with Gasteiger partial charge in [0.15, 0.2) is 0 Å². The van der Waals surface area contributed by atoms with Gasteiger partial charge in [0.05, 0.1) is 12.2 Å². The van der Waals surface area contributed by atoms with Gasteiger partial charge in [0.1, 0.15) is 0 Å². The maximum Gasteiger partial charge on any atom is 0.0938 e. The van der Waals surface area contributed by atoms with Crippen molar-refractivity contribution in [1.82, 2.24) is 4.90 Å². The molecule has 0 aliphatic carbocycles. The molecule has 1 aromatic carbocycles. The molecule has 1 aliphatic rings. The summed E-state index contributed by atoms with van der Waals surface area (Å²) in [6.07, 6.45) is -1.19. The number of rotatable bonds is 2. The number of thiophene rings is 1. The molecule has 2 heterocycles. The first-order valence-electron chi connectivity index (χ1n) is 5.77. The molecule has 4 heteroatoms. The number of β-amino-alcohol motifs (C(OH)–C–C–N with tert-alkyl or cyclic N) is 2. The van der Waals surface area contributed by atoms with Crippen LogP contribution in [-0.4, -0.2) is 40.4 Å². The minimum Gasteiger partial charge on any atom is -0.389 e. The van der Waals surface area contributed by atoms with Crippen molar-refractivity contribution in [3.8, 4) is 0 Å². The highest BCUT2D eigenvalue weighted by molar-refractivity contribution is 7.17. The van der Waals surface area contributed by atoms with E-state index in [1.54, 1.807) is 11.3 Å².